The molecule has 0 bridgehead atoms. The highest BCUT2D eigenvalue weighted by Crippen LogP contribution is 2.66. The van der Waals surface area contributed by atoms with Crippen LogP contribution in [0.2, 0.25) is 0 Å². The zero-order valence-corrected chi connectivity index (χ0v) is 25.1. The largest absolute Gasteiger partial charge is 0.492 e. The van der Waals surface area contributed by atoms with Crippen LogP contribution in [-0.4, -0.2) is 56.0 Å². The first-order valence-corrected chi connectivity index (χ1v) is 15.8. The topological polar surface area (TPSA) is 65.0 Å². The summed E-state index contributed by atoms with van der Waals surface area (Å²) < 4.78 is 18.3. The second-order valence-electron chi connectivity index (χ2n) is 15.0. The monoisotopic (exact) mass is 550 g/mol. The van der Waals surface area contributed by atoms with Crippen molar-refractivity contribution in [3.05, 3.63) is 28.8 Å². The number of fused-ring (bicyclic) bond motifs is 7. The van der Waals surface area contributed by atoms with E-state index in [1.165, 1.54) is 24.0 Å². The fourth-order valence-electron chi connectivity index (χ4n) is 10.6. The van der Waals surface area contributed by atoms with E-state index in [1.807, 2.05) is 0 Å². The van der Waals surface area contributed by atoms with E-state index < -0.39 is 0 Å². The molecule has 0 aromatic heterocycles. The van der Waals surface area contributed by atoms with Gasteiger partial charge < -0.3 is 23.8 Å². The van der Waals surface area contributed by atoms with Crippen LogP contribution < -0.4 is 14.2 Å². The lowest BCUT2D eigenvalue weighted by atomic mass is 9.47. The van der Waals surface area contributed by atoms with Crippen molar-refractivity contribution in [3.63, 3.8) is 0 Å². The average Bonchev–Trinajstić information content (AvgIpc) is 3.53. The fourth-order valence-corrected chi connectivity index (χ4v) is 10.6. The molecule has 218 valence electrons. The number of quaternary nitrogens is 1. The van der Waals surface area contributed by atoms with E-state index in [0.29, 0.717) is 35.7 Å². The van der Waals surface area contributed by atoms with Gasteiger partial charge in [-0.25, -0.2) is 0 Å². The number of carbonyl (C=O) groups is 1. The maximum absolute atomic E-state index is 14.4. The summed E-state index contributed by atoms with van der Waals surface area (Å²) in [5.41, 5.74) is 4.23. The Balaban J connectivity index is 1.16. The third kappa shape index (κ3) is 3.77. The molecular weight excluding hydrogens is 502 g/mol. The van der Waals surface area contributed by atoms with Gasteiger partial charge in [0.15, 0.2) is 11.5 Å². The van der Waals surface area contributed by atoms with E-state index in [0.717, 1.165) is 73.0 Å². The summed E-state index contributed by atoms with van der Waals surface area (Å²) in [6, 6.07) is 2.17. The predicted molar refractivity (Wildman–Crippen MR) is 153 cm³/mol. The van der Waals surface area contributed by atoms with Crippen LogP contribution >= 0.6 is 0 Å². The molecule has 6 aliphatic rings. The summed E-state index contributed by atoms with van der Waals surface area (Å²) >= 11 is 0. The van der Waals surface area contributed by atoms with E-state index in [4.69, 9.17) is 14.2 Å². The number of hydrogen-bond acceptors (Lipinski definition) is 5. The standard InChI is InChI=1S/C34H48NO5/c1-33-13-10-22(36)17-21(33)6-7-23-24-8-9-26(34(24,2)14-11-25(23)33)28(37)18-27-30-20(12-15-35(27,3)4)16-29-31(32(30)38-5)40-19-39-29/h6,16,22-27,36H,7-15,17-19H2,1-5H3/q+1/t22-,23+,24-,25-,26+,27+,33+,34+/m1/s1. The molecule has 1 aromatic carbocycles. The lowest BCUT2D eigenvalue weighted by molar-refractivity contribution is -0.922. The Morgan fingerprint density at radius 3 is 2.75 bits per heavy atom. The van der Waals surface area contributed by atoms with Gasteiger partial charge in [-0.2, -0.15) is 0 Å². The number of Topliss-reactive ketones (excluding diaryl/α,β-unsaturated/α-hetero) is 1. The molecule has 3 fully saturated rings. The molecule has 7 rings (SSSR count). The minimum atomic E-state index is -0.162. The first-order valence-electron chi connectivity index (χ1n) is 15.8. The maximum Gasteiger partial charge on any atom is 0.231 e. The molecule has 2 aliphatic heterocycles. The van der Waals surface area contributed by atoms with Crippen molar-refractivity contribution >= 4 is 5.78 Å². The van der Waals surface area contributed by atoms with Crippen LogP contribution in [0.3, 0.4) is 0 Å². The van der Waals surface area contributed by atoms with E-state index in [-0.39, 0.29) is 35.7 Å². The normalized spacial score (nSPS) is 40.8. The number of benzene rings is 1. The molecule has 8 atom stereocenters. The molecule has 1 aromatic rings. The Morgan fingerprint density at radius 1 is 1.12 bits per heavy atom. The zero-order valence-electron chi connectivity index (χ0n) is 25.1. The minimum Gasteiger partial charge on any atom is -0.492 e. The molecule has 0 unspecified atom stereocenters. The zero-order chi connectivity index (χ0) is 28.0. The van der Waals surface area contributed by atoms with Gasteiger partial charge in [0.25, 0.3) is 0 Å². The van der Waals surface area contributed by atoms with Crippen molar-refractivity contribution in [2.45, 2.75) is 90.2 Å². The quantitative estimate of drug-likeness (QED) is 0.368. The maximum atomic E-state index is 14.4. The number of nitrogens with zero attached hydrogens (tertiary/aromatic N) is 1. The first-order chi connectivity index (χ1) is 19.1. The van der Waals surface area contributed by atoms with E-state index in [9.17, 15) is 9.90 Å². The van der Waals surface area contributed by atoms with Gasteiger partial charge in [-0.3, -0.25) is 4.79 Å². The SMILES string of the molecule is COc1c2c(cc3c1[C@H](CC(=O)[C@@H]1CC[C@@H]4[C@@H]5CC=C6C[C@H](O)CC[C@]6(C)[C@@H]5CC[C@@]41C)[N+](C)(C)CC3)OCO2. The van der Waals surface area contributed by atoms with Gasteiger partial charge in [-0.1, -0.05) is 25.5 Å². The van der Waals surface area contributed by atoms with Crippen LogP contribution in [0.4, 0.5) is 0 Å². The van der Waals surface area contributed by atoms with Crippen molar-refractivity contribution in [2.75, 3.05) is 34.5 Å². The van der Waals surface area contributed by atoms with Crippen LogP contribution in [0.15, 0.2) is 17.7 Å². The summed E-state index contributed by atoms with van der Waals surface area (Å²) in [5, 5.41) is 10.4. The lowest BCUT2D eigenvalue weighted by Gasteiger charge is -2.58. The number of aliphatic hydroxyl groups excluding tert-OH is 1. The Bertz CT molecular complexity index is 1250. The number of hydrogen-bond donors (Lipinski definition) is 1. The molecule has 6 nitrogen and oxygen atoms in total. The molecule has 0 radical (unpaired) electrons. The lowest BCUT2D eigenvalue weighted by Crippen LogP contribution is -2.52. The first kappa shape index (κ1) is 26.8. The van der Waals surface area contributed by atoms with Crippen molar-refractivity contribution in [3.8, 4) is 17.2 Å². The second kappa shape index (κ2) is 9.22. The molecule has 2 heterocycles. The van der Waals surface area contributed by atoms with Crippen LogP contribution in [0, 0.1) is 34.5 Å². The van der Waals surface area contributed by atoms with Crippen LogP contribution in [0.25, 0.3) is 0 Å². The minimum absolute atomic E-state index is 0.0486. The van der Waals surface area contributed by atoms with Crippen LogP contribution in [-0.2, 0) is 11.2 Å². The Morgan fingerprint density at radius 2 is 1.95 bits per heavy atom. The summed E-state index contributed by atoms with van der Waals surface area (Å²) in [6.45, 7) is 6.16. The summed E-state index contributed by atoms with van der Waals surface area (Å²) in [6.07, 6.45) is 12.5. The predicted octanol–water partition coefficient (Wildman–Crippen LogP) is 6.00. The number of carbonyl (C=O) groups excluding carboxylic acids is 1. The average molecular weight is 551 g/mol. The van der Waals surface area contributed by atoms with Crippen molar-refractivity contribution in [1.82, 2.24) is 0 Å². The highest BCUT2D eigenvalue weighted by atomic mass is 16.7. The van der Waals surface area contributed by atoms with Crippen molar-refractivity contribution in [2.24, 2.45) is 34.5 Å². The number of allylic oxidation sites excluding steroid dienone is 1. The highest BCUT2D eigenvalue weighted by Gasteiger charge is 2.60. The number of likely N-dealkylation sites (N-methyl/N-ethyl adjacent to an activating group) is 1. The number of aliphatic hydroxyl groups is 1. The van der Waals surface area contributed by atoms with Gasteiger partial charge in [-0.05, 0) is 91.6 Å². The third-order valence-corrected chi connectivity index (χ3v) is 12.9. The number of ketones is 1. The van der Waals surface area contributed by atoms with Crippen LogP contribution in [0.5, 0.6) is 17.2 Å². The number of ether oxygens (including phenoxy) is 3. The fraction of sp³-hybridized carbons (Fsp3) is 0.735. The van der Waals surface area contributed by atoms with Crippen molar-refractivity contribution in [1.29, 1.82) is 0 Å². The van der Waals surface area contributed by atoms with Gasteiger partial charge in [-0.15, -0.1) is 0 Å². The number of methoxy groups -OCH3 is 1. The molecule has 0 spiro atoms. The molecule has 3 saturated carbocycles. The third-order valence-electron chi connectivity index (χ3n) is 12.9. The van der Waals surface area contributed by atoms with E-state index >= 15 is 0 Å². The molecule has 4 aliphatic carbocycles. The second-order valence-corrected chi connectivity index (χ2v) is 15.0. The van der Waals surface area contributed by atoms with Crippen LogP contribution in [0.1, 0.15) is 88.8 Å². The van der Waals surface area contributed by atoms with Crippen molar-refractivity contribution < 1.29 is 28.6 Å². The summed E-state index contributed by atoms with van der Waals surface area (Å²) in [4.78, 5) is 14.4. The Kier molecular flexibility index (Phi) is 6.19. The summed E-state index contributed by atoms with van der Waals surface area (Å²) in [5.74, 6) is 4.79. The van der Waals surface area contributed by atoms with Gasteiger partial charge in [0.2, 0.25) is 12.5 Å². The number of rotatable bonds is 4. The van der Waals surface area contributed by atoms with E-state index in [1.54, 1.807) is 7.11 Å². The van der Waals surface area contributed by atoms with Gasteiger partial charge >= 0.3 is 0 Å². The molecule has 0 saturated heterocycles. The molecule has 1 N–H and O–H groups in total. The highest BCUT2D eigenvalue weighted by molar-refractivity contribution is 5.83. The molecule has 0 amide bonds. The molecular formula is C34H48NO5+. The Labute approximate surface area is 239 Å². The van der Waals surface area contributed by atoms with Gasteiger partial charge in [0, 0.05) is 12.3 Å². The molecule has 40 heavy (non-hydrogen) atoms. The van der Waals surface area contributed by atoms with Gasteiger partial charge in [0.05, 0.1) is 45.8 Å². The van der Waals surface area contributed by atoms with E-state index in [2.05, 4.69) is 40.1 Å². The van der Waals surface area contributed by atoms with Gasteiger partial charge in [0.1, 0.15) is 11.8 Å². The molecule has 6 heteroatoms. The summed E-state index contributed by atoms with van der Waals surface area (Å²) in [7, 11) is 6.25. The smallest absolute Gasteiger partial charge is 0.231 e. The Hall–Kier alpha value is -2.05.